The number of likely N-dealkylation sites (tertiary alicyclic amines) is 1. The lowest BCUT2D eigenvalue weighted by Crippen LogP contribution is -2.42. The fourth-order valence-corrected chi connectivity index (χ4v) is 4.65. The lowest BCUT2D eigenvalue weighted by molar-refractivity contribution is -0.148. The smallest absolute Gasteiger partial charge is 0.310 e. The summed E-state index contributed by atoms with van der Waals surface area (Å²) in [6, 6.07) is 11.7. The summed E-state index contributed by atoms with van der Waals surface area (Å²) >= 11 is 0. The van der Waals surface area contributed by atoms with Crippen molar-refractivity contribution in [3.63, 3.8) is 0 Å². The second-order valence-electron chi connectivity index (χ2n) is 9.52. The highest BCUT2D eigenvalue weighted by Crippen LogP contribution is 2.42. The van der Waals surface area contributed by atoms with Crippen LogP contribution in [-0.4, -0.2) is 48.5 Å². The second kappa shape index (κ2) is 9.02. The molecule has 2 aromatic rings. The molecule has 0 atom stereocenters. The molecule has 0 aliphatic carbocycles. The average Bonchev–Trinajstić information content (AvgIpc) is 2.95. The van der Waals surface area contributed by atoms with E-state index in [4.69, 9.17) is 9.47 Å². The molecule has 0 bridgehead atoms. The summed E-state index contributed by atoms with van der Waals surface area (Å²) in [5, 5.41) is 9.51. The second-order valence-corrected chi connectivity index (χ2v) is 9.52. The van der Waals surface area contributed by atoms with Gasteiger partial charge < -0.3 is 19.5 Å². The quantitative estimate of drug-likeness (QED) is 0.661. The fraction of sp³-hybridized carbons (Fsp3) is 0.407. The van der Waals surface area contributed by atoms with Crippen LogP contribution < -0.4 is 9.47 Å². The highest BCUT2D eigenvalue weighted by molar-refractivity contribution is 5.97. The van der Waals surface area contributed by atoms with Crippen molar-refractivity contribution >= 4 is 17.3 Å². The highest BCUT2D eigenvalue weighted by atomic mass is 16.5. The number of carbonyl (C=O) groups is 2. The summed E-state index contributed by atoms with van der Waals surface area (Å²) in [6.45, 7) is 7.66. The molecule has 2 aromatic carbocycles. The van der Waals surface area contributed by atoms with Gasteiger partial charge in [0.15, 0.2) is 5.78 Å². The molecule has 6 heteroatoms. The number of methoxy groups -OCH3 is 1. The summed E-state index contributed by atoms with van der Waals surface area (Å²) in [5.74, 6) is 0.785. The van der Waals surface area contributed by atoms with E-state index in [0.29, 0.717) is 18.7 Å². The number of carboxylic acids is 1. The van der Waals surface area contributed by atoms with E-state index >= 15 is 0 Å². The highest BCUT2D eigenvalue weighted by Gasteiger charge is 2.32. The molecule has 2 aliphatic heterocycles. The zero-order valence-electron chi connectivity index (χ0n) is 19.7. The molecule has 1 saturated heterocycles. The van der Waals surface area contributed by atoms with Crippen LogP contribution in [0.5, 0.6) is 11.5 Å². The van der Waals surface area contributed by atoms with Gasteiger partial charge in [0.2, 0.25) is 0 Å². The first kappa shape index (κ1) is 23.1. The number of hydrogen-bond acceptors (Lipinski definition) is 5. The van der Waals surface area contributed by atoms with Crippen molar-refractivity contribution in [1.29, 1.82) is 0 Å². The maximum absolute atomic E-state index is 12.1. The van der Waals surface area contributed by atoms with Gasteiger partial charge in [-0.25, -0.2) is 0 Å². The maximum atomic E-state index is 12.1. The Morgan fingerprint density at radius 2 is 1.82 bits per heavy atom. The Balaban J connectivity index is 1.78. The van der Waals surface area contributed by atoms with Crippen LogP contribution in [0, 0.1) is 5.41 Å². The lowest BCUT2D eigenvalue weighted by Gasteiger charge is -2.34. The maximum Gasteiger partial charge on any atom is 0.310 e. The number of hydrogen-bond donors (Lipinski definition) is 1. The first-order valence-electron chi connectivity index (χ1n) is 11.3. The number of rotatable bonds is 5. The first-order chi connectivity index (χ1) is 15.7. The monoisotopic (exact) mass is 449 g/mol. The van der Waals surface area contributed by atoms with Crippen molar-refractivity contribution < 1.29 is 24.2 Å². The number of ketones is 1. The number of benzene rings is 2. The number of fused-ring (bicyclic) bond motifs is 2. The molecule has 4 rings (SSSR count). The largest absolute Gasteiger partial charge is 0.497 e. The third kappa shape index (κ3) is 4.67. The summed E-state index contributed by atoms with van der Waals surface area (Å²) in [5.41, 5.74) is 5.35. The van der Waals surface area contributed by atoms with Gasteiger partial charge in [0.1, 0.15) is 18.1 Å². The van der Waals surface area contributed by atoms with Crippen LogP contribution in [0.2, 0.25) is 0 Å². The fourth-order valence-electron chi connectivity index (χ4n) is 4.65. The van der Waals surface area contributed by atoms with Gasteiger partial charge in [-0.15, -0.1) is 0 Å². The molecule has 6 nitrogen and oxygen atoms in total. The Kier molecular flexibility index (Phi) is 6.30. The molecular weight excluding hydrogens is 418 g/mol. The molecule has 2 aliphatic rings. The molecule has 0 aromatic heterocycles. The van der Waals surface area contributed by atoms with E-state index in [-0.39, 0.29) is 5.78 Å². The van der Waals surface area contributed by atoms with Crippen molar-refractivity contribution in [2.24, 2.45) is 5.41 Å². The van der Waals surface area contributed by atoms with Gasteiger partial charge in [0, 0.05) is 30.8 Å². The molecule has 2 heterocycles. The molecule has 1 N–H and O–H groups in total. The Labute approximate surface area is 194 Å². The van der Waals surface area contributed by atoms with Gasteiger partial charge in [0.25, 0.3) is 0 Å². The minimum absolute atomic E-state index is 0.0167. The zero-order chi connectivity index (χ0) is 23.8. The zero-order valence-corrected chi connectivity index (χ0v) is 19.7. The third-order valence-corrected chi connectivity index (χ3v) is 6.64. The van der Waals surface area contributed by atoms with Crippen LogP contribution >= 0.6 is 0 Å². The minimum Gasteiger partial charge on any atom is -0.497 e. The van der Waals surface area contributed by atoms with Crippen LogP contribution in [0.4, 0.5) is 0 Å². The van der Waals surface area contributed by atoms with Gasteiger partial charge >= 0.3 is 5.97 Å². The van der Waals surface area contributed by atoms with Gasteiger partial charge in [-0.05, 0) is 80.6 Å². The van der Waals surface area contributed by atoms with E-state index in [2.05, 4.69) is 11.0 Å². The van der Waals surface area contributed by atoms with E-state index in [1.54, 1.807) is 27.9 Å². The van der Waals surface area contributed by atoms with Crippen molar-refractivity contribution in [1.82, 2.24) is 4.90 Å². The van der Waals surface area contributed by atoms with E-state index in [9.17, 15) is 14.7 Å². The number of aliphatic carboxylic acids is 1. The van der Waals surface area contributed by atoms with Crippen molar-refractivity contribution in [3.05, 3.63) is 64.2 Å². The van der Waals surface area contributed by atoms with Gasteiger partial charge in [-0.3, -0.25) is 9.59 Å². The standard InChI is InChI=1S/C27H31NO5/c1-17(29)19-6-8-24-23(13-19)25(22-14-21(32-4)7-5-20(22)15-33-24)18-9-11-28(12-10-18)16-27(2,3)26(30)31/h5-8,13-14H,9-12,15-16H2,1-4H3,(H,30,31). The van der Waals surface area contributed by atoms with Crippen molar-refractivity contribution in [2.45, 2.75) is 40.2 Å². The third-order valence-electron chi connectivity index (χ3n) is 6.64. The normalized spacial score (nSPS) is 16.4. The van der Waals surface area contributed by atoms with Crippen LogP contribution in [-0.2, 0) is 11.4 Å². The molecule has 1 fully saturated rings. The Morgan fingerprint density at radius 3 is 2.45 bits per heavy atom. The topological polar surface area (TPSA) is 76.1 Å². The van der Waals surface area contributed by atoms with Crippen molar-refractivity contribution in [3.8, 4) is 11.5 Å². The van der Waals surface area contributed by atoms with Gasteiger partial charge in [-0.2, -0.15) is 0 Å². The SMILES string of the molecule is COc1ccc2c(c1)C(=C1CCN(CC(C)(C)C(=O)O)CC1)c1cc(C(C)=O)ccc1OC2. The van der Waals surface area contributed by atoms with Crippen LogP contribution in [0.3, 0.4) is 0 Å². The summed E-state index contributed by atoms with van der Waals surface area (Å²) in [6.07, 6.45) is 1.65. The number of carboxylic acid groups (broad SMARTS) is 1. The minimum atomic E-state index is -0.788. The number of carbonyl (C=O) groups excluding carboxylic acids is 1. The molecule has 0 amide bonds. The summed E-state index contributed by atoms with van der Waals surface area (Å²) < 4.78 is 11.7. The number of ether oxygens (including phenoxy) is 2. The Morgan fingerprint density at radius 1 is 1.09 bits per heavy atom. The Hall–Kier alpha value is -3.12. The summed E-state index contributed by atoms with van der Waals surface area (Å²) in [4.78, 5) is 25.9. The van der Waals surface area contributed by atoms with Crippen LogP contribution in [0.25, 0.3) is 5.57 Å². The predicted octanol–water partition coefficient (Wildman–Crippen LogP) is 4.80. The molecule has 33 heavy (non-hydrogen) atoms. The van der Waals surface area contributed by atoms with E-state index < -0.39 is 11.4 Å². The predicted molar refractivity (Wildman–Crippen MR) is 127 cm³/mol. The Bertz CT molecular complexity index is 1120. The van der Waals surface area contributed by atoms with E-state index in [0.717, 1.165) is 59.7 Å². The molecule has 174 valence electrons. The molecular formula is C27H31NO5. The molecule has 0 unspecified atom stereocenters. The molecule has 0 saturated carbocycles. The molecule has 0 radical (unpaired) electrons. The number of nitrogens with zero attached hydrogens (tertiary/aromatic N) is 1. The van der Waals surface area contributed by atoms with Crippen molar-refractivity contribution in [2.75, 3.05) is 26.7 Å². The van der Waals surface area contributed by atoms with Gasteiger partial charge in [-0.1, -0.05) is 11.6 Å². The number of piperidine rings is 1. The van der Waals surface area contributed by atoms with Crippen LogP contribution in [0.1, 0.15) is 60.7 Å². The summed E-state index contributed by atoms with van der Waals surface area (Å²) in [7, 11) is 1.66. The van der Waals surface area contributed by atoms with E-state index in [1.165, 1.54) is 5.57 Å². The lowest BCUT2D eigenvalue weighted by atomic mass is 9.85. The number of Topliss-reactive ketones (excluding diaryl/α,β-unsaturated/α-hetero) is 1. The average molecular weight is 450 g/mol. The first-order valence-corrected chi connectivity index (χ1v) is 11.3. The van der Waals surface area contributed by atoms with Crippen LogP contribution in [0.15, 0.2) is 42.0 Å². The van der Waals surface area contributed by atoms with Gasteiger partial charge in [0.05, 0.1) is 12.5 Å². The van der Waals surface area contributed by atoms with E-state index in [1.807, 2.05) is 30.3 Å². The molecule has 0 spiro atoms.